The van der Waals surface area contributed by atoms with Crippen LogP contribution in [-0.2, 0) is 30.0 Å². The standard InChI is InChI=1S/C11H14N4O4/c1-13-9-8(10(16)14(2)11(13)17)15(6-12-9)5-7-18-3-4-19-7/h6-7H,3-5H2,1-2H3/i1D3,2D3. The van der Waals surface area contributed by atoms with E-state index in [9.17, 15) is 9.59 Å². The average Bonchev–Trinajstić information content (AvgIpc) is 3.06. The Morgan fingerprint density at radius 1 is 1.37 bits per heavy atom. The summed E-state index contributed by atoms with van der Waals surface area (Å²) in [6.07, 6.45) is 0.453. The fourth-order valence-corrected chi connectivity index (χ4v) is 1.95. The molecule has 2 aromatic rings. The van der Waals surface area contributed by atoms with Crippen molar-refractivity contribution in [1.82, 2.24) is 18.7 Å². The summed E-state index contributed by atoms with van der Waals surface area (Å²) in [5, 5.41) is 0. The van der Waals surface area contributed by atoms with Crippen LogP contribution >= 0.6 is 0 Å². The first-order valence-corrected chi connectivity index (χ1v) is 5.49. The van der Waals surface area contributed by atoms with E-state index in [-0.39, 0.29) is 21.2 Å². The van der Waals surface area contributed by atoms with E-state index < -0.39 is 37.1 Å². The highest BCUT2D eigenvalue weighted by atomic mass is 16.7. The SMILES string of the molecule is [2H]C([2H])([2H])n1c(=O)c2c(ncn2CC2OCCO2)n(C([2H])([2H])[2H])c1=O. The molecule has 1 fully saturated rings. The predicted octanol–water partition coefficient (Wildman–Crippen LogP) is -1.19. The van der Waals surface area contributed by atoms with Crippen LogP contribution in [0.3, 0.4) is 0 Å². The summed E-state index contributed by atoms with van der Waals surface area (Å²) in [5.41, 5.74) is -3.38. The number of rotatable bonds is 2. The van der Waals surface area contributed by atoms with Gasteiger partial charge in [0.25, 0.3) is 5.56 Å². The van der Waals surface area contributed by atoms with E-state index in [0.29, 0.717) is 13.2 Å². The molecule has 8 heteroatoms. The lowest BCUT2D eigenvalue weighted by Gasteiger charge is -2.10. The first-order valence-electron chi connectivity index (χ1n) is 8.49. The number of hydrogen-bond acceptors (Lipinski definition) is 5. The fraction of sp³-hybridized carbons (Fsp3) is 0.545. The molecule has 102 valence electrons. The molecule has 1 aliphatic heterocycles. The van der Waals surface area contributed by atoms with Crippen molar-refractivity contribution in [3.05, 3.63) is 27.2 Å². The van der Waals surface area contributed by atoms with Crippen LogP contribution in [0.2, 0.25) is 0 Å². The van der Waals surface area contributed by atoms with Crippen molar-refractivity contribution in [2.45, 2.75) is 12.8 Å². The molecule has 0 amide bonds. The van der Waals surface area contributed by atoms with Crippen LogP contribution in [0.4, 0.5) is 0 Å². The minimum atomic E-state index is -3.15. The van der Waals surface area contributed by atoms with Crippen molar-refractivity contribution < 1.29 is 17.7 Å². The third-order valence-corrected chi connectivity index (χ3v) is 2.86. The van der Waals surface area contributed by atoms with Crippen LogP contribution in [0.25, 0.3) is 11.2 Å². The Bertz CT molecular complexity index is 918. The van der Waals surface area contributed by atoms with Gasteiger partial charge >= 0.3 is 5.69 Å². The van der Waals surface area contributed by atoms with Crippen LogP contribution in [0.15, 0.2) is 15.9 Å². The summed E-state index contributed by atoms with van der Waals surface area (Å²) < 4.78 is 56.6. The summed E-state index contributed by atoms with van der Waals surface area (Å²) in [4.78, 5) is 28.8. The van der Waals surface area contributed by atoms with Gasteiger partial charge in [0.1, 0.15) is 0 Å². The molecular weight excluding hydrogens is 252 g/mol. The van der Waals surface area contributed by atoms with Crippen molar-refractivity contribution in [3.8, 4) is 0 Å². The third kappa shape index (κ3) is 1.80. The summed E-state index contributed by atoms with van der Waals surface area (Å²) in [5.74, 6) is 0. The van der Waals surface area contributed by atoms with Gasteiger partial charge in [-0.05, 0) is 0 Å². The van der Waals surface area contributed by atoms with E-state index in [4.69, 9.17) is 17.7 Å². The first kappa shape index (κ1) is 7.01. The largest absolute Gasteiger partial charge is 0.348 e. The number of hydrogen-bond donors (Lipinski definition) is 0. The average molecular weight is 272 g/mol. The van der Waals surface area contributed by atoms with E-state index in [1.54, 1.807) is 0 Å². The van der Waals surface area contributed by atoms with Gasteiger partial charge in [-0.1, -0.05) is 0 Å². The number of aryl methyl sites for hydroxylation is 1. The Morgan fingerprint density at radius 2 is 2.11 bits per heavy atom. The zero-order valence-electron chi connectivity index (χ0n) is 15.7. The van der Waals surface area contributed by atoms with Gasteiger partial charge in [-0.3, -0.25) is 13.9 Å². The molecule has 0 unspecified atom stereocenters. The molecule has 0 aromatic carbocycles. The van der Waals surface area contributed by atoms with E-state index in [1.807, 2.05) is 0 Å². The molecule has 0 N–H and O–H groups in total. The minimum absolute atomic E-state index is 0.00799. The Kier molecular flexibility index (Phi) is 1.59. The molecule has 0 atom stereocenters. The number of imidazole rings is 1. The molecule has 1 aliphatic rings. The monoisotopic (exact) mass is 272 g/mol. The normalized spacial score (nSPS) is 22.5. The minimum Gasteiger partial charge on any atom is -0.348 e. The molecule has 2 aromatic heterocycles. The van der Waals surface area contributed by atoms with E-state index in [2.05, 4.69) is 4.98 Å². The van der Waals surface area contributed by atoms with Crippen molar-refractivity contribution >= 4 is 11.2 Å². The highest BCUT2D eigenvalue weighted by Crippen LogP contribution is 2.11. The number of nitrogens with zero attached hydrogens (tertiary/aromatic N) is 4. The molecule has 0 radical (unpaired) electrons. The van der Waals surface area contributed by atoms with Crippen molar-refractivity contribution in [3.63, 3.8) is 0 Å². The summed E-state index contributed by atoms with van der Waals surface area (Å²) in [6, 6.07) is 0. The maximum atomic E-state index is 12.6. The Morgan fingerprint density at radius 3 is 2.79 bits per heavy atom. The molecule has 0 aliphatic carbocycles. The molecule has 0 spiro atoms. The first-order chi connectivity index (χ1) is 11.5. The lowest BCUT2D eigenvalue weighted by Crippen LogP contribution is -2.37. The summed E-state index contributed by atoms with van der Waals surface area (Å²) in [6.45, 7) is -5.46. The van der Waals surface area contributed by atoms with Crippen LogP contribution in [0, 0.1) is 0 Å². The zero-order valence-corrected chi connectivity index (χ0v) is 9.70. The van der Waals surface area contributed by atoms with Crippen molar-refractivity contribution in [2.75, 3.05) is 13.2 Å². The Hall–Kier alpha value is -1.93. The highest BCUT2D eigenvalue weighted by Gasteiger charge is 2.20. The third-order valence-electron chi connectivity index (χ3n) is 2.86. The molecule has 3 rings (SSSR count). The summed E-state index contributed by atoms with van der Waals surface area (Å²) in [7, 11) is 0. The molecule has 0 saturated carbocycles. The lowest BCUT2D eigenvalue weighted by atomic mass is 10.5. The second kappa shape index (κ2) is 4.32. The molecule has 8 nitrogen and oxygen atoms in total. The Labute approximate surface area is 116 Å². The maximum absolute atomic E-state index is 12.6. The predicted molar refractivity (Wildman–Crippen MR) is 65.9 cm³/mol. The van der Waals surface area contributed by atoms with Crippen LogP contribution in [0.1, 0.15) is 8.22 Å². The van der Waals surface area contributed by atoms with E-state index >= 15 is 0 Å². The zero-order chi connectivity index (χ0) is 18.6. The maximum Gasteiger partial charge on any atom is 0.332 e. The van der Waals surface area contributed by atoms with Gasteiger partial charge in [0.05, 0.1) is 26.1 Å². The number of aromatic nitrogens is 4. The van der Waals surface area contributed by atoms with Crippen molar-refractivity contribution in [2.24, 2.45) is 14.0 Å². The second-order valence-electron chi connectivity index (χ2n) is 4.00. The van der Waals surface area contributed by atoms with Crippen LogP contribution in [0.5, 0.6) is 0 Å². The van der Waals surface area contributed by atoms with E-state index in [1.165, 1.54) is 4.57 Å². The molecule has 0 bridgehead atoms. The fourth-order valence-electron chi connectivity index (χ4n) is 1.95. The van der Waals surface area contributed by atoms with Gasteiger partial charge in [-0.15, -0.1) is 0 Å². The number of ether oxygens (including phenoxy) is 2. The number of fused-ring (bicyclic) bond motifs is 1. The molecule has 19 heavy (non-hydrogen) atoms. The smallest absolute Gasteiger partial charge is 0.332 e. The van der Waals surface area contributed by atoms with Gasteiger partial charge in [0.15, 0.2) is 17.5 Å². The molecule has 3 heterocycles. The second-order valence-corrected chi connectivity index (χ2v) is 4.00. The van der Waals surface area contributed by atoms with Crippen molar-refractivity contribution in [1.29, 1.82) is 0 Å². The van der Waals surface area contributed by atoms with Gasteiger partial charge in [-0.2, -0.15) is 0 Å². The Balaban J connectivity index is 2.34. The lowest BCUT2D eigenvalue weighted by molar-refractivity contribution is -0.0518. The van der Waals surface area contributed by atoms with Gasteiger partial charge in [0.2, 0.25) is 0 Å². The molecule has 1 saturated heterocycles. The summed E-state index contributed by atoms with van der Waals surface area (Å²) >= 11 is 0. The van der Waals surface area contributed by atoms with Gasteiger partial charge in [-0.25, -0.2) is 9.78 Å². The van der Waals surface area contributed by atoms with Crippen LogP contribution < -0.4 is 11.2 Å². The topological polar surface area (TPSA) is 80.3 Å². The van der Waals surface area contributed by atoms with E-state index in [0.717, 1.165) is 6.33 Å². The van der Waals surface area contributed by atoms with Crippen LogP contribution in [-0.4, -0.2) is 38.2 Å². The van der Waals surface area contributed by atoms with Gasteiger partial charge in [0, 0.05) is 22.2 Å². The van der Waals surface area contributed by atoms with Gasteiger partial charge < -0.3 is 14.0 Å². The molecular formula is C11H14N4O4. The quantitative estimate of drug-likeness (QED) is 0.686. The highest BCUT2D eigenvalue weighted by molar-refractivity contribution is 5.69.